The maximum Gasteiger partial charge on any atom is 0.254 e. The molecule has 110 valence electrons. The van der Waals surface area contributed by atoms with Crippen molar-refractivity contribution in [3.63, 3.8) is 0 Å². The summed E-state index contributed by atoms with van der Waals surface area (Å²) in [5.74, 6) is 0.0918. The molecule has 21 heavy (non-hydrogen) atoms. The van der Waals surface area contributed by atoms with Crippen molar-refractivity contribution in [2.24, 2.45) is 0 Å². The number of benzene rings is 1. The van der Waals surface area contributed by atoms with Crippen LogP contribution in [0.2, 0.25) is 0 Å². The molecule has 2 N–H and O–H groups in total. The van der Waals surface area contributed by atoms with Crippen LogP contribution in [0.3, 0.4) is 0 Å². The molecule has 2 aromatic rings. The molecule has 0 aliphatic carbocycles. The standard InChI is InChI=1S/C17H20N2OS/c1-3-15-14-5-7-21-16(14)4-6-19(15)17(20)12-8-11(2)9-13(18)10-12/h5,7-10,15H,3-4,6,18H2,1-2H3. The molecular formula is C17H20N2OS. The van der Waals surface area contributed by atoms with Crippen LogP contribution in [-0.2, 0) is 6.42 Å². The third kappa shape index (κ3) is 2.56. The highest BCUT2D eigenvalue weighted by atomic mass is 32.1. The van der Waals surface area contributed by atoms with E-state index in [2.05, 4.69) is 18.4 Å². The van der Waals surface area contributed by atoms with E-state index < -0.39 is 0 Å². The predicted molar refractivity (Wildman–Crippen MR) is 87.7 cm³/mol. The number of nitrogens with two attached hydrogens (primary N) is 1. The Morgan fingerprint density at radius 3 is 2.95 bits per heavy atom. The summed E-state index contributed by atoms with van der Waals surface area (Å²) in [7, 11) is 0. The van der Waals surface area contributed by atoms with Gasteiger partial charge < -0.3 is 10.6 Å². The first-order valence-electron chi connectivity index (χ1n) is 7.34. The van der Waals surface area contributed by atoms with Crippen molar-refractivity contribution in [3.8, 4) is 0 Å². The van der Waals surface area contributed by atoms with Gasteiger partial charge in [0.15, 0.2) is 0 Å². The number of hydrogen-bond acceptors (Lipinski definition) is 3. The fourth-order valence-corrected chi connectivity index (χ4v) is 4.11. The second-order valence-corrected chi connectivity index (χ2v) is 6.60. The maximum atomic E-state index is 12.9. The summed E-state index contributed by atoms with van der Waals surface area (Å²) in [5, 5.41) is 2.13. The summed E-state index contributed by atoms with van der Waals surface area (Å²) >= 11 is 1.80. The van der Waals surface area contributed by atoms with Crippen molar-refractivity contribution in [2.75, 3.05) is 12.3 Å². The molecule has 1 unspecified atom stereocenters. The lowest BCUT2D eigenvalue weighted by atomic mass is 9.96. The van der Waals surface area contributed by atoms with Gasteiger partial charge in [0.05, 0.1) is 6.04 Å². The molecule has 0 saturated carbocycles. The van der Waals surface area contributed by atoms with Crippen LogP contribution in [0.4, 0.5) is 5.69 Å². The number of nitrogen functional groups attached to an aromatic ring is 1. The molecule has 0 saturated heterocycles. The lowest BCUT2D eigenvalue weighted by Gasteiger charge is -2.35. The van der Waals surface area contributed by atoms with Gasteiger partial charge in [0.25, 0.3) is 5.91 Å². The maximum absolute atomic E-state index is 12.9. The van der Waals surface area contributed by atoms with E-state index in [-0.39, 0.29) is 11.9 Å². The Morgan fingerprint density at radius 2 is 2.24 bits per heavy atom. The molecule has 1 aliphatic rings. The number of nitrogens with zero attached hydrogens (tertiary/aromatic N) is 1. The van der Waals surface area contributed by atoms with E-state index in [0.717, 1.165) is 24.9 Å². The van der Waals surface area contributed by atoms with Crippen molar-refractivity contribution >= 4 is 22.9 Å². The third-order valence-electron chi connectivity index (χ3n) is 4.09. The predicted octanol–water partition coefficient (Wildman–Crippen LogP) is 3.79. The van der Waals surface area contributed by atoms with Crippen LogP contribution in [0.25, 0.3) is 0 Å². The van der Waals surface area contributed by atoms with Gasteiger partial charge in [-0.3, -0.25) is 4.79 Å². The van der Waals surface area contributed by atoms with Crippen LogP contribution in [-0.4, -0.2) is 17.4 Å². The molecule has 4 heteroatoms. The zero-order valence-electron chi connectivity index (χ0n) is 12.4. The quantitative estimate of drug-likeness (QED) is 0.858. The molecule has 1 atom stereocenters. The smallest absolute Gasteiger partial charge is 0.254 e. The zero-order chi connectivity index (χ0) is 15.0. The molecule has 0 radical (unpaired) electrons. The molecule has 3 rings (SSSR count). The van der Waals surface area contributed by atoms with Gasteiger partial charge in [-0.1, -0.05) is 6.92 Å². The third-order valence-corrected chi connectivity index (χ3v) is 5.09. The van der Waals surface area contributed by atoms with E-state index >= 15 is 0 Å². The van der Waals surface area contributed by atoms with Crippen LogP contribution in [0.15, 0.2) is 29.6 Å². The van der Waals surface area contributed by atoms with Crippen LogP contribution in [0.1, 0.15) is 45.7 Å². The lowest BCUT2D eigenvalue weighted by Crippen LogP contribution is -2.39. The first kappa shape index (κ1) is 14.1. The average Bonchev–Trinajstić information content (AvgIpc) is 2.92. The Morgan fingerprint density at radius 1 is 1.43 bits per heavy atom. The van der Waals surface area contributed by atoms with Gasteiger partial charge in [-0.25, -0.2) is 0 Å². The van der Waals surface area contributed by atoms with E-state index in [1.807, 2.05) is 24.0 Å². The lowest BCUT2D eigenvalue weighted by molar-refractivity contribution is 0.0657. The Kier molecular flexibility index (Phi) is 3.72. The minimum atomic E-state index is 0.0918. The Hall–Kier alpha value is -1.81. The van der Waals surface area contributed by atoms with E-state index in [1.54, 1.807) is 17.4 Å². The van der Waals surface area contributed by atoms with Crippen molar-refractivity contribution < 1.29 is 4.79 Å². The van der Waals surface area contributed by atoms with Crippen molar-refractivity contribution in [3.05, 3.63) is 51.2 Å². The van der Waals surface area contributed by atoms with Crippen molar-refractivity contribution in [1.82, 2.24) is 4.90 Å². The van der Waals surface area contributed by atoms with E-state index in [0.29, 0.717) is 11.3 Å². The number of carbonyl (C=O) groups excluding carboxylic acids is 1. The highest BCUT2D eigenvalue weighted by molar-refractivity contribution is 7.10. The topological polar surface area (TPSA) is 46.3 Å². The summed E-state index contributed by atoms with van der Waals surface area (Å²) in [5.41, 5.74) is 9.59. The number of carbonyl (C=O) groups is 1. The summed E-state index contributed by atoms with van der Waals surface area (Å²) < 4.78 is 0. The van der Waals surface area contributed by atoms with Crippen molar-refractivity contribution in [2.45, 2.75) is 32.7 Å². The van der Waals surface area contributed by atoms with Crippen LogP contribution in [0, 0.1) is 6.92 Å². The highest BCUT2D eigenvalue weighted by Gasteiger charge is 2.30. The van der Waals surface area contributed by atoms with E-state index in [1.165, 1.54) is 10.4 Å². The molecule has 3 nitrogen and oxygen atoms in total. The van der Waals surface area contributed by atoms with Gasteiger partial charge in [0, 0.05) is 22.7 Å². The number of fused-ring (bicyclic) bond motifs is 1. The molecule has 1 aromatic carbocycles. The van der Waals surface area contributed by atoms with Crippen molar-refractivity contribution in [1.29, 1.82) is 0 Å². The summed E-state index contributed by atoms with van der Waals surface area (Å²) in [6.45, 7) is 4.90. The number of aryl methyl sites for hydroxylation is 1. The van der Waals surface area contributed by atoms with Gasteiger partial charge in [0.1, 0.15) is 0 Å². The molecular weight excluding hydrogens is 280 g/mol. The Bertz CT molecular complexity index is 657. The van der Waals surface area contributed by atoms with Gasteiger partial charge in [-0.05, 0) is 60.5 Å². The van der Waals surface area contributed by atoms with Crippen LogP contribution < -0.4 is 5.73 Å². The number of anilines is 1. The van der Waals surface area contributed by atoms with E-state index in [4.69, 9.17) is 5.73 Å². The SMILES string of the molecule is CCC1c2ccsc2CCN1C(=O)c1cc(C)cc(N)c1. The first-order chi connectivity index (χ1) is 10.1. The Balaban J connectivity index is 1.94. The average molecular weight is 300 g/mol. The molecule has 2 heterocycles. The molecule has 0 bridgehead atoms. The minimum Gasteiger partial charge on any atom is -0.399 e. The second-order valence-electron chi connectivity index (χ2n) is 5.60. The molecule has 0 spiro atoms. The fraction of sp³-hybridized carbons (Fsp3) is 0.353. The highest BCUT2D eigenvalue weighted by Crippen LogP contribution is 2.36. The monoisotopic (exact) mass is 300 g/mol. The summed E-state index contributed by atoms with van der Waals surface area (Å²) in [6.07, 6.45) is 1.90. The van der Waals surface area contributed by atoms with Gasteiger partial charge in [-0.15, -0.1) is 11.3 Å². The Labute approximate surface area is 129 Å². The molecule has 1 aromatic heterocycles. The number of thiophene rings is 1. The first-order valence-corrected chi connectivity index (χ1v) is 8.22. The van der Waals surface area contributed by atoms with Gasteiger partial charge in [0.2, 0.25) is 0 Å². The number of hydrogen-bond donors (Lipinski definition) is 1. The molecule has 1 aliphatic heterocycles. The zero-order valence-corrected chi connectivity index (χ0v) is 13.2. The van der Waals surface area contributed by atoms with E-state index in [9.17, 15) is 4.79 Å². The summed E-state index contributed by atoms with van der Waals surface area (Å²) in [6, 6.07) is 7.95. The normalized spacial score (nSPS) is 17.6. The fourth-order valence-electron chi connectivity index (χ4n) is 3.18. The minimum absolute atomic E-state index is 0.0918. The number of rotatable bonds is 2. The molecule has 1 amide bonds. The van der Waals surface area contributed by atoms with Crippen LogP contribution >= 0.6 is 11.3 Å². The molecule has 0 fully saturated rings. The number of amides is 1. The van der Waals surface area contributed by atoms with Crippen LogP contribution in [0.5, 0.6) is 0 Å². The van der Waals surface area contributed by atoms with Gasteiger partial charge >= 0.3 is 0 Å². The van der Waals surface area contributed by atoms with Gasteiger partial charge in [-0.2, -0.15) is 0 Å². The summed E-state index contributed by atoms with van der Waals surface area (Å²) in [4.78, 5) is 16.3. The largest absolute Gasteiger partial charge is 0.399 e. The second kappa shape index (κ2) is 5.53.